The van der Waals surface area contributed by atoms with Crippen molar-refractivity contribution in [2.45, 2.75) is 51.4 Å². The van der Waals surface area contributed by atoms with E-state index in [1.165, 1.54) is 28.8 Å². The van der Waals surface area contributed by atoms with E-state index in [0.717, 1.165) is 56.5 Å². The number of likely N-dealkylation sites (tertiary alicyclic amines) is 1. The summed E-state index contributed by atoms with van der Waals surface area (Å²) in [7, 11) is 0. The topological polar surface area (TPSA) is 77.7 Å². The number of carbonyl (C=O) groups is 1. The van der Waals surface area contributed by atoms with Crippen LogP contribution in [0.15, 0.2) is 30.5 Å². The second-order valence-electron chi connectivity index (χ2n) is 8.32. The molecule has 0 saturated carbocycles. The Labute approximate surface area is 170 Å². The van der Waals surface area contributed by atoms with Gasteiger partial charge in [0.05, 0.1) is 6.20 Å². The van der Waals surface area contributed by atoms with Gasteiger partial charge in [-0.1, -0.05) is 24.3 Å². The van der Waals surface area contributed by atoms with Crippen LogP contribution in [-0.2, 0) is 12.8 Å². The van der Waals surface area contributed by atoms with Gasteiger partial charge in [0.2, 0.25) is 0 Å². The minimum Gasteiger partial charge on any atom is -0.337 e. The average Bonchev–Trinajstić information content (AvgIpc) is 3.41. The fraction of sp³-hybridized carbons (Fsp3) is 0.435. The van der Waals surface area contributed by atoms with Crippen LogP contribution in [0.5, 0.6) is 0 Å². The molecule has 2 aliphatic rings. The molecule has 6 nitrogen and oxygen atoms in total. The fourth-order valence-electron chi connectivity index (χ4n) is 4.88. The summed E-state index contributed by atoms with van der Waals surface area (Å²) in [6, 6.07) is 8.43. The maximum Gasteiger partial charge on any atom is 0.274 e. The van der Waals surface area contributed by atoms with Crippen molar-refractivity contribution in [2.75, 3.05) is 13.1 Å². The van der Waals surface area contributed by atoms with E-state index in [4.69, 9.17) is 0 Å². The number of hydrogen-bond donors (Lipinski definition) is 2. The molecule has 29 heavy (non-hydrogen) atoms. The van der Waals surface area contributed by atoms with Crippen molar-refractivity contribution in [3.63, 3.8) is 0 Å². The predicted octanol–water partition coefficient (Wildman–Crippen LogP) is 4.01. The number of H-pyrrole nitrogens is 2. The van der Waals surface area contributed by atoms with Crippen LogP contribution in [0.3, 0.4) is 0 Å². The first-order valence-corrected chi connectivity index (χ1v) is 10.7. The van der Waals surface area contributed by atoms with E-state index < -0.39 is 0 Å². The fourth-order valence-corrected chi connectivity index (χ4v) is 4.88. The summed E-state index contributed by atoms with van der Waals surface area (Å²) in [6.07, 6.45) is 8.14. The summed E-state index contributed by atoms with van der Waals surface area (Å²) >= 11 is 0. The normalized spacial score (nSPS) is 17.3. The summed E-state index contributed by atoms with van der Waals surface area (Å²) in [5.41, 5.74) is 7.84. The van der Waals surface area contributed by atoms with E-state index in [1.807, 2.05) is 11.1 Å². The van der Waals surface area contributed by atoms with Crippen molar-refractivity contribution in [3.05, 3.63) is 58.7 Å². The third-order valence-corrected chi connectivity index (χ3v) is 6.55. The van der Waals surface area contributed by atoms with Crippen molar-refractivity contribution in [1.29, 1.82) is 0 Å². The largest absolute Gasteiger partial charge is 0.337 e. The highest BCUT2D eigenvalue weighted by atomic mass is 16.2. The number of piperidine rings is 1. The van der Waals surface area contributed by atoms with Crippen molar-refractivity contribution >= 4 is 5.91 Å². The number of aromatic amines is 2. The number of aromatic nitrogens is 4. The first kappa shape index (κ1) is 18.2. The standard InChI is InChI=1S/C23H27N5O/c1-15-6-2-3-7-17(15)19-14-24-26-21(19)16-10-12-28(13-11-16)23(29)22-18-8-4-5-9-20(18)25-27-22/h2-3,6-7,14,16H,4-5,8-13H2,1H3,(H,24,26)(H,25,27). The monoisotopic (exact) mass is 389 g/mol. The lowest BCUT2D eigenvalue weighted by molar-refractivity contribution is 0.0705. The van der Waals surface area contributed by atoms with Crippen LogP contribution >= 0.6 is 0 Å². The third kappa shape index (κ3) is 3.26. The number of hydrogen-bond acceptors (Lipinski definition) is 3. The first-order chi connectivity index (χ1) is 14.2. The number of nitrogens with zero attached hydrogens (tertiary/aromatic N) is 3. The van der Waals surface area contributed by atoms with E-state index in [0.29, 0.717) is 11.6 Å². The minimum atomic E-state index is 0.0894. The van der Waals surface area contributed by atoms with E-state index in [-0.39, 0.29) is 5.91 Å². The zero-order valence-electron chi connectivity index (χ0n) is 16.9. The van der Waals surface area contributed by atoms with Gasteiger partial charge in [0.25, 0.3) is 5.91 Å². The molecule has 1 fully saturated rings. The highest BCUT2D eigenvalue weighted by molar-refractivity contribution is 5.94. The molecular weight excluding hydrogens is 362 g/mol. The zero-order valence-corrected chi connectivity index (χ0v) is 16.9. The highest BCUT2D eigenvalue weighted by Crippen LogP contribution is 2.35. The van der Waals surface area contributed by atoms with Gasteiger partial charge in [-0.3, -0.25) is 15.0 Å². The van der Waals surface area contributed by atoms with E-state index >= 15 is 0 Å². The number of rotatable bonds is 3. The molecule has 6 heteroatoms. The van der Waals surface area contributed by atoms with Crippen molar-refractivity contribution in [3.8, 4) is 11.1 Å². The number of carbonyl (C=O) groups excluding carboxylic acids is 1. The van der Waals surface area contributed by atoms with Crippen LogP contribution in [0.1, 0.15) is 64.6 Å². The lowest BCUT2D eigenvalue weighted by Gasteiger charge is -2.32. The Morgan fingerprint density at radius 1 is 1.07 bits per heavy atom. The lowest BCUT2D eigenvalue weighted by Crippen LogP contribution is -2.38. The molecule has 1 amide bonds. The second kappa shape index (κ2) is 7.50. The highest BCUT2D eigenvalue weighted by Gasteiger charge is 2.30. The van der Waals surface area contributed by atoms with Gasteiger partial charge in [-0.25, -0.2) is 0 Å². The SMILES string of the molecule is Cc1ccccc1-c1cn[nH]c1C1CCN(C(=O)c2n[nH]c3c2CCCC3)CC1. The number of benzene rings is 1. The molecule has 3 heterocycles. The Bertz CT molecular complexity index is 1030. The molecule has 2 N–H and O–H groups in total. The molecule has 0 spiro atoms. The lowest BCUT2D eigenvalue weighted by atomic mass is 9.88. The molecule has 150 valence electrons. The maximum atomic E-state index is 13.1. The second-order valence-corrected chi connectivity index (χ2v) is 8.32. The molecule has 3 aromatic rings. The summed E-state index contributed by atoms with van der Waals surface area (Å²) in [4.78, 5) is 15.1. The Morgan fingerprint density at radius 2 is 1.86 bits per heavy atom. The Balaban J connectivity index is 1.31. The van der Waals surface area contributed by atoms with Crippen molar-refractivity contribution < 1.29 is 4.79 Å². The Kier molecular flexibility index (Phi) is 4.70. The van der Waals surface area contributed by atoms with Crippen LogP contribution in [0.2, 0.25) is 0 Å². The molecule has 1 saturated heterocycles. The van der Waals surface area contributed by atoms with Gasteiger partial charge in [0, 0.05) is 41.5 Å². The molecule has 1 aromatic carbocycles. The molecule has 0 atom stereocenters. The molecule has 5 rings (SSSR count). The van der Waals surface area contributed by atoms with E-state index in [1.54, 1.807) is 0 Å². The zero-order chi connectivity index (χ0) is 19.8. The molecule has 0 bridgehead atoms. The quantitative estimate of drug-likeness (QED) is 0.711. The smallest absolute Gasteiger partial charge is 0.274 e. The summed E-state index contributed by atoms with van der Waals surface area (Å²) in [5, 5.41) is 15.1. The molecule has 0 radical (unpaired) electrons. The van der Waals surface area contributed by atoms with Crippen LogP contribution in [0.25, 0.3) is 11.1 Å². The van der Waals surface area contributed by atoms with Gasteiger partial charge >= 0.3 is 0 Å². The van der Waals surface area contributed by atoms with Crippen LogP contribution in [0, 0.1) is 6.92 Å². The van der Waals surface area contributed by atoms with Gasteiger partial charge in [-0.15, -0.1) is 0 Å². The maximum absolute atomic E-state index is 13.1. The average molecular weight is 390 g/mol. The van der Waals surface area contributed by atoms with Crippen molar-refractivity contribution in [1.82, 2.24) is 25.3 Å². The summed E-state index contributed by atoms with van der Waals surface area (Å²) in [6.45, 7) is 3.66. The number of aryl methyl sites for hydroxylation is 2. The molecule has 2 aromatic heterocycles. The predicted molar refractivity (Wildman–Crippen MR) is 112 cm³/mol. The molecule has 1 aliphatic carbocycles. The van der Waals surface area contributed by atoms with Crippen molar-refractivity contribution in [2.24, 2.45) is 0 Å². The number of nitrogens with one attached hydrogen (secondary N) is 2. The molecule has 1 aliphatic heterocycles. The Morgan fingerprint density at radius 3 is 2.69 bits per heavy atom. The van der Waals surface area contributed by atoms with Gasteiger partial charge in [0.1, 0.15) is 0 Å². The van der Waals surface area contributed by atoms with E-state index in [9.17, 15) is 4.79 Å². The van der Waals surface area contributed by atoms with Crippen LogP contribution in [0.4, 0.5) is 0 Å². The van der Waals surface area contributed by atoms with Crippen LogP contribution < -0.4 is 0 Å². The first-order valence-electron chi connectivity index (χ1n) is 10.7. The summed E-state index contributed by atoms with van der Waals surface area (Å²) in [5.74, 6) is 0.482. The van der Waals surface area contributed by atoms with Crippen LogP contribution in [-0.4, -0.2) is 44.3 Å². The summed E-state index contributed by atoms with van der Waals surface area (Å²) < 4.78 is 0. The van der Waals surface area contributed by atoms with Gasteiger partial charge in [-0.05, 0) is 56.6 Å². The Hall–Kier alpha value is -2.89. The molecule has 0 unspecified atom stereocenters. The number of fused-ring (bicyclic) bond motifs is 1. The van der Waals surface area contributed by atoms with E-state index in [2.05, 4.69) is 51.6 Å². The molecular formula is C23H27N5O. The third-order valence-electron chi connectivity index (χ3n) is 6.55. The minimum absolute atomic E-state index is 0.0894. The van der Waals surface area contributed by atoms with Gasteiger partial charge < -0.3 is 4.90 Å². The van der Waals surface area contributed by atoms with Gasteiger partial charge in [-0.2, -0.15) is 10.2 Å². The number of amides is 1. The van der Waals surface area contributed by atoms with Gasteiger partial charge in [0.15, 0.2) is 5.69 Å².